The number of hydrogen-bond acceptors (Lipinski definition) is 3. The summed E-state index contributed by atoms with van der Waals surface area (Å²) in [6, 6.07) is 19.8. The monoisotopic (exact) mass is 496 g/mol. The standard InChI is InChI=1S/C30H32N4O3/c1-30(29(36)31-22-11-3-4-12-22)20-33-25-15-6-5-14-24(25)26(32-16-7-8-17-32)27(33)28(35)34(30)19-21-10-9-13-23(18-21)37-2/h5-10,13-18,22H,3-4,11-12,19-20H2,1-2H3,(H,31,36). The fourth-order valence-corrected chi connectivity index (χ4v) is 5.96. The number of fused-ring (bicyclic) bond motifs is 3. The van der Waals surface area contributed by atoms with Crippen molar-refractivity contribution >= 4 is 22.7 Å². The first-order chi connectivity index (χ1) is 18.0. The minimum atomic E-state index is -1.06. The quantitative estimate of drug-likeness (QED) is 0.412. The summed E-state index contributed by atoms with van der Waals surface area (Å²) < 4.78 is 9.48. The minimum absolute atomic E-state index is 0.0957. The van der Waals surface area contributed by atoms with Crippen molar-refractivity contribution in [2.45, 2.75) is 57.3 Å². The van der Waals surface area contributed by atoms with Gasteiger partial charge in [0.05, 0.1) is 24.9 Å². The second-order valence-electron chi connectivity index (χ2n) is 10.4. The highest BCUT2D eigenvalue weighted by molar-refractivity contribution is 6.08. The van der Waals surface area contributed by atoms with E-state index in [2.05, 4.69) is 5.32 Å². The molecule has 0 saturated heterocycles. The molecule has 2 aliphatic rings. The molecule has 0 spiro atoms. The van der Waals surface area contributed by atoms with E-state index in [0.717, 1.165) is 53.6 Å². The average molecular weight is 497 g/mol. The largest absolute Gasteiger partial charge is 0.497 e. The summed E-state index contributed by atoms with van der Waals surface area (Å²) in [5.74, 6) is 0.473. The van der Waals surface area contributed by atoms with Crippen LogP contribution in [0.2, 0.25) is 0 Å². The lowest BCUT2D eigenvalue weighted by atomic mass is 9.93. The van der Waals surface area contributed by atoms with E-state index in [4.69, 9.17) is 4.74 Å². The zero-order valence-corrected chi connectivity index (χ0v) is 21.3. The Balaban J connectivity index is 1.51. The van der Waals surface area contributed by atoms with Crippen LogP contribution < -0.4 is 10.1 Å². The molecule has 1 atom stereocenters. The second kappa shape index (κ2) is 9.14. The number of amides is 2. The third-order valence-corrected chi connectivity index (χ3v) is 7.97. The summed E-state index contributed by atoms with van der Waals surface area (Å²) in [4.78, 5) is 30.2. The van der Waals surface area contributed by atoms with Crippen molar-refractivity contribution in [3.8, 4) is 11.4 Å². The molecule has 0 bridgehead atoms. The zero-order chi connectivity index (χ0) is 25.6. The second-order valence-corrected chi connectivity index (χ2v) is 10.4. The summed E-state index contributed by atoms with van der Waals surface area (Å²) in [7, 11) is 1.63. The van der Waals surface area contributed by atoms with Crippen LogP contribution >= 0.6 is 0 Å². The van der Waals surface area contributed by atoms with Crippen molar-refractivity contribution in [3.05, 3.63) is 84.3 Å². The van der Waals surface area contributed by atoms with Gasteiger partial charge < -0.3 is 24.1 Å². The summed E-state index contributed by atoms with van der Waals surface area (Å²) in [6.45, 7) is 2.58. The number of ether oxygens (including phenoxy) is 1. The highest BCUT2D eigenvalue weighted by atomic mass is 16.5. The predicted octanol–water partition coefficient (Wildman–Crippen LogP) is 4.91. The molecule has 0 radical (unpaired) electrons. The molecular weight excluding hydrogens is 464 g/mol. The van der Waals surface area contributed by atoms with Gasteiger partial charge in [-0.15, -0.1) is 0 Å². The first-order valence-electron chi connectivity index (χ1n) is 13.0. The number of nitrogens with one attached hydrogen (secondary N) is 1. The van der Waals surface area contributed by atoms with Gasteiger partial charge in [-0.1, -0.05) is 43.2 Å². The number of para-hydroxylation sites is 1. The Morgan fingerprint density at radius 3 is 2.57 bits per heavy atom. The lowest BCUT2D eigenvalue weighted by molar-refractivity contribution is -0.133. The van der Waals surface area contributed by atoms with Gasteiger partial charge >= 0.3 is 0 Å². The van der Waals surface area contributed by atoms with Crippen molar-refractivity contribution < 1.29 is 14.3 Å². The van der Waals surface area contributed by atoms with Crippen LogP contribution in [0, 0.1) is 0 Å². The fourth-order valence-electron chi connectivity index (χ4n) is 5.96. The molecule has 4 aromatic rings. The van der Waals surface area contributed by atoms with Gasteiger partial charge in [0, 0.05) is 30.4 Å². The highest BCUT2D eigenvalue weighted by Gasteiger charge is 2.49. The van der Waals surface area contributed by atoms with Gasteiger partial charge in [-0.25, -0.2) is 0 Å². The summed E-state index contributed by atoms with van der Waals surface area (Å²) in [6.07, 6.45) is 8.15. The van der Waals surface area contributed by atoms with Crippen molar-refractivity contribution in [1.82, 2.24) is 19.4 Å². The molecule has 1 unspecified atom stereocenters. The number of benzene rings is 2. The third kappa shape index (κ3) is 3.89. The topological polar surface area (TPSA) is 68.5 Å². The smallest absolute Gasteiger partial charge is 0.273 e. The fraction of sp³-hybridized carbons (Fsp3) is 0.333. The average Bonchev–Trinajstić information content (AvgIpc) is 3.68. The van der Waals surface area contributed by atoms with E-state index < -0.39 is 5.54 Å². The van der Waals surface area contributed by atoms with Crippen molar-refractivity contribution in [2.24, 2.45) is 0 Å². The number of methoxy groups -OCH3 is 1. The Bertz CT molecular complexity index is 1470. The Morgan fingerprint density at radius 1 is 1.05 bits per heavy atom. The van der Waals surface area contributed by atoms with E-state index in [9.17, 15) is 9.59 Å². The Kier molecular flexibility index (Phi) is 5.78. The van der Waals surface area contributed by atoms with E-state index >= 15 is 0 Å². The molecule has 2 amide bonds. The number of rotatable bonds is 6. The van der Waals surface area contributed by atoms with Gasteiger partial charge in [-0.05, 0) is 55.7 Å². The summed E-state index contributed by atoms with van der Waals surface area (Å²) in [5, 5.41) is 4.27. The van der Waals surface area contributed by atoms with Crippen LogP contribution in [-0.2, 0) is 17.9 Å². The van der Waals surface area contributed by atoms with Gasteiger partial charge in [0.25, 0.3) is 5.91 Å². The number of nitrogens with zero attached hydrogens (tertiary/aromatic N) is 3. The van der Waals surface area contributed by atoms with E-state index in [-0.39, 0.29) is 17.9 Å². The number of carbonyl (C=O) groups is 2. The molecule has 1 aliphatic heterocycles. The number of hydrogen-bond donors (Lipinski definition) is 1. The molecule has 6 rings (SSSR count). The molecule has 7 nitrogen and oxygen atoms in total. The van der Waals surface area contributed by atoms with Crippen LogP contribution in [0.3, 0.4) is 0 Å². The third-order valence-electron chi connectivity index (χ3n) is 7.97. The maximum Gasteiger partial charge on any atom is 0.273 e. The first kappa shape index (κ1) is 23.4. The zero-order valence-electron chi connectivity index (χ0n) is 21.3. The molecule has 1 N–H and O–H groups in total. The van der Waals surface area contributed by atoms with Crippen LogP contribution in [0.5, 0.6) is 5.75 Å². The molecule has 7 heteroatoms. The first-order valence-corrected chi connectivity index (χ1v) is 13.0. The van der Waals surface area contributed by atoms with Crippen LogP contribution in [0.15, 0.2) is 73.1 Å². The lowest BCUT2D eigenvalue weighted by Crippen LogP contribution is -2.64. The van der Waals surface area contributed by atoms with Gasteiger partial charge in [-0.2, -0.15) is 0 Å². The van der Waals surface area contributed by atoms with Crippen molar-refractivity contribution in [1.29, 1.82) is 0 Å². The predicted molar refractivity (Wildman–Crippen MR) is 143 cm³/mol. The van der Waals surface area contributed by atoms with Crippen LogP contribution in [0.1, 0.15) is 48.7 Å². The molecule has 1 saturated carbocycles. The number of carbonyl (C=O) groups excluding carboxylic acids is 2. The van der Waals surface area contributed by atoms with Gasteiger partial charge in [0.15, 0.2) is 0 Å². The molecule has 1 aliphatic carbocycles. The van der Waals surface area contributed by atoms with Crippen LogP contribution in [0.4, 0.5) is 0 Å². The molecule has 3 heterocycles. The normalized spacial score (nSPS) is 19.8. The van der Waals surface area contributed by atoms with E-state index in [1.165, 1.54) is 0 Å². The molecule has 2 aromatic heterocycles. The van der Waals surface area contributed by atoms with Crippen molar-refractivity contribution in [2.75, 3.05) is 7.11 Å². The van der Waals surface area contributed by atoms with E-state index in [1.807, 2.05) is 89.1 Å². The van der Waals surface area contributed by atoms with E-state index in [1.54, 1.807) is 12.0 Å². The maximum absolute atomic E-state index is 14.5. The Labute approximate surface area is 216 Å². The lowest BCUT2D eigenvalue weighted by Gasteiger charge is -2.44. The minimum Gasteiger partial charge on any atom is -0.497 e. The summed E-state index contributed by atoms with van der Waals surface area (Å²) >= 11 is 0. The molecule has 37 heavy (non-hydrogen) atoms. The highest BCUT2D eigenvalue weighted by Crippen LogP contribution is 2.38. The molecule has 190 valence electrons. The SMILES string of the molecule is COc1cccc(CN2C(=O)c3c(-n4cccc4)c4ccccc4n3CC2(C)C(=O)NC2CCCC2)c1. The van der Waals surface area contributed by atoms with E-state index in [0.29, 0.717) is 18.8 Å². The van der Waals surface area contributed by atoms with Gasteiger partial charge in [0.1, 0.15) is 17.0 Å². The van der Waals surface area contributed by atoms with Crippen LogP contribution in [-0.4, -0.2) is 44.5 Å². The molecular formula is C30H32N4O3. The van der Waals surface area contributed by atoms with Crippen LogP contribution in [0.25, 0.3) is 16.6 Å². The Hall–Kier alpha value is -4.00. The maximum atomic E-state index is 14.5. The van der Waals surface area contributed by atoms with Gasteiger partial charge in [-0.3, -0.25) is 9.59 Å². The molecule has 1 fully saturated rings. The summed E-state index contributed by atoms with van der Waals surface area (Å²) in [5.41, 5.74) is 2.26. The van der Waals surface area contributed by atoms with Gasteiger partial charge in [0.2, 0.25) is 5.91 Å². The Morgan fingerprint density at radius 2 is 1.81 bits per heavy atom. The number of aromatic nitrogens is 2. The molecule has 2 aromatic carbocycles. The van der Waals surface area contributed by atoms with Crippen molar-refractivity contribution in [3.63, 3.8) is 0 Å².